The molecular weight excluding hydrogens is 454 g/mol. The molecule has 36 heavy (non-hydrogen) atoms. The molecule has 2 aromatic carbocycles. The second kappa shape index (κ2) is 11.0. The smallest absolute Gasteiger partial charge is 0.255 e. The maximum absolute atomic E-state index is 13.1. The molecule has 2 amide bonds. The third-order valence-electron chi connectivity index (χ3n) is 7.15. The molecular formula is C28H33N5O3. The van der Waals surface area contributed by atoms with Crippen LogP contribution < -0.4 is 5.32 Å². The largest absolute Gasteiger partial charge is 0.339 e. The first-order chi connectivity index (χ1) is 17.6. The van der Waals surface area contributed by atoms with Crippen molar-refractivity contribution in [2.45, 2.75) is 45.6 Å². The summed E-state index contributed by atoms with van der Waals surface area (Å²) in [6.07, 6.45) is 4.73. The molecule has 8 heteroatoms. The fourth-order valence-corrected chi connectivity index (χ4v) is 4.96. The van der Waals surface area contributed by atoms with Gasteiger partial charge >= 0.3 is 0 Å². The summed E-state index contributed by atoms with van der Waals surface area (Å²) in [4.78, 5) is 34.8. The number of nitrogens with zero attached hydrogens (tertiary/aromatic N) is 4. The van der Waals surface area contributed by atoms with E-state index < -0.39 is 0 Å². The number of nitrogens with one attached hydrogen (secondary N) is 1. The van der Waals surface area contributed by atoms with Gasteiger partial charge in [0.1, 0.15) is 0 Å². The average molecular weight is 488 g/mol. The molecule has 0 radical (unpaired) electrons. The quantitative estimate of drug-likeness (QED) is 0.550. The SMILES string of the molecule is Cc1ccc(-c2noc(CN3CCC(C(=O)Nc4ccccc4C(=O)N4CCCCC4)CC3)n2)cc1. The Labute approximate surface area is 211 Å². The molecule has 188 valence electrons. The zero-order valence-electron chi connectivity index (χ0n) is 20.8. The molecule has 0 saturated carbocycles. The van der Waals surface area contributed by atoms with Crippen molar-refractivity contribution in [3.63, 3.8) is 0 Å². The Morgan fingerprint density at radius 3 is 2.44 bits per heavy atom. The minimum atomic E-state index is -0.0924. The van der Waals surface area contributed by atoms with Crippen LogP contribution in [0.4, 0.5) is 5.69 Å². The van der Waals surface area contributed by atoms with Crippen LogP contribution in [0.2, 0.25) is 0 Å². The summed E-state index contributed by atoms with van der Waals surface area (Å²) >= 11 is 0. The van der Waals surface area contributed by atoms with Gasteiger partial charge in [-0.15, -0.1) is 0 Å². The number of piperidine rings is 2. The van der Waals surface area contributed by atoms with Crippen LogP contribution in [0.25, 0.3) is 11.4 Å². The molecule has 2 fully saturated rings. The number of likely N-dealkylation sites (tertiary alicyclic amines) is 2. The normalized spacial score (nSPS) is 17.2. The number of hydrogen-bond donors (Lipinski definition) is 1. The van der Waals surface area contributed by atoms with Crippen molar-refractivity contribution in [1.29, 1.82) is 0 Å². The molecule has 2 aliphatic heterocycles. The van der Waals surface area contributed by atoms with E-state index in [1.165, 1.54) is 12.0 Å². The van der Waals surface area contributed by atoms with Crippen LogP contribution in [0, 0.1) is 12.8 Å². The van der Waals surface area contributed by atoms with Gasteiger partial charge in [0.15, 0.2) is 0 Å². The molecule has 0 unspecified atom stereocenters. The zero-order chi connectivity index (χ0) is 24.9. The number of rotatable bonds is 6. The standard InChI is InChI=1S/C28H33N5O3/c1-20-9-11-21(12-10-20)26-30-25(36-31-26)19-32-17-13-22(14-18-32)27(34)29-24-8-4-3-7-23(24)28(35)33-15-5-2-6-16-33/h3-4,7-12,22H,2,5-6,13-19H2,1H3,(H,29,34). The first-order valence-electron chi connectivity index (χ1n) is 12.9. The van der Waals surface area contributed by atoms with E-state index in [0.717, 1.165) is 57.4 Å². The molecule has 0 atom stereocenters. The van der Waals surface area contributed by atoms with Gasteiger partial charge in [0.25, 0.3) is 5.91 Å². The maximum Gasteiger partial charge on any atom is 0.255 e. The predicted octanol–water partition coefficient (Wildman–Crippen LogP) is 4.52. The maximum atomic E-state index is 13.1. The molecule has 0 spiro atoms. The van der Waals surface area contributed by atoms with Crippen LogP contribution in [0.3, 0.4) is 0 Å². The fourth-order valence-electron chi connectivity index (χ4n) is 4.96. The Hall–Kier alpha value is -3.52. The van der Waals surface area contributed by atoms with Crippen molar-refractivity contribution < 1.29 is 14.1 Å². The highest BCUT2D eigenvalue weighted by molar-refractivity contribution is 6.04. The second-order valence-corrected chi connectivity index (χ2v) is 9.82. The van der Waals surface area contributed by atoms with E-state index in [0.29, 0.717) is 29.5 Å². The minimum absolute atomic E-state index is 0.00461. The number of carbonyl (C=O) groups excluding carboxylic acids is 2. The van der Waals surface area contributed by atoms with Gasteiger partial charge in [-0.2, -0.15) is 4.98 Å². The summed E-state index contributed by atoms with van der Waals surface area (Å²) in [7, 11) is 0. The monoisotopic (exact) mass is 487 g/mol. The first kappa shape index (κ1) is 24.2. The van der Waals surface area contributed by atoms with E-state index in [9.17, 15) is 9.59 Å². The summed E-state index contributed by atoms with van der Waals surface area (Å²) < 4.78 is 5.47. The molecule has 1 aromatic heterocycles. The van der Waals surface area contributed by atoms with Crippen molar-refractivity contribution in [3.05, 3.63) is 65.5 Å². The fraction of sp³-hybridized carbons (Fsp3) is 0.429. The van der Waals surface area contributed by atoms with Gasteiger partial charge in [-0.05, 0) is 64.3 Å². The van der Waals surface area contributed by atoms with E-state index >= 15 is 0 Å². The first-order valence-corrected chi connectivity index (χ1v) is 12.9. The molecule has 3 aromatic rings. The van der Waals surface area contributed by atoms with Crippen molar-refractivity contribution >= 4 is 17.5 Å². The van der Waals surface area contributed by atoms with Crippen molar-refractivity contribution in [2.75, 3.05) is 31.5 Å². The Kier molecular flexibility index (Phi) is 7.41. The lowest BCUT2D eigenvalue weighted by atomic mass is 9.95. The van der Waals surface area contributed by atoms with E-state index in [1.54, 1.807) is 0 Å². The molecule has 2 saturated heterocycles. The second-order valence-electron chi connectivity index (χ2n) is 9.82. The van der Waals surface area contributed by atoms with Crippen LogP contribution in [-0.2, 0) is 11.3 Å². The van der Waals surface area contributed by atoms with Crippen LogP contribution in [0.15, 0.2) is 53.1 Å². The number of benzene rings is 2. The van der Waals surface area contributed by atoms with Crippen molar-refractivity contribution in [3.8, 4) is 11.4 Å². The predicted molar refractivity (Wildman–Crippen MR) is 137 cm³/mol. The summed E-state index contributed by atoms with van der Waals surface area (Å²) in [6.45, 7) is 5.73. The number of aromatic nitrogens is 2. The third-order valence-corrected chi connectivity index (χ3v) is 7.15. The number of carbonyl (C=O) groups is 2. The van der Waals surface area contributed by atoms with Crippen molar-refractivity contribution in [1.82, 2.24) is 19.9 Å². The lowest BCUT2D eigenvalue weighted by Crippen LogP contribution is -2.38. The van der Waals surface area contributed by atoms with E-state index in [4.69, 9.17) is 4.52 Å². The molecule has 5 rings (SSSR count). The number of amides is 2. The molecule has 0 aliphatic carbocycles. The topological polar surface area (TPSA) is 91.6 Å². The summed E-state index contributed by atoms with van der Waals surface area (Å²) in [5.41, 5.74) is 3.30. The van der Waals surface area contributed by atoms with Gasteiger partial charge in [-0.1, -0.05) is 47.1 Å². The van der Waals surface area contributed by atoms with Crippen LogP contribution in [0.1, 0.15) is 53.9 Å². The number of aryl methyl sites for hydroxylation is 1. The minimum Gasteiger partial charge on any atom is -0.339 e. The molecule has 3 heterocycles. The lowest BCUT2D eigenvalue weighted by Gasteiger charge is -2.30. The van der Waals surface area contributed by atoms with Crippen LogP contribution in [-0.4, -0.2) is 57.9 Å². The summed E-state index contributed by atoms with van der Waals surface area (Å²) in [5.74, 6) is 1.07. The highest BCUT2D eigenvalue weighted by Gasteiger charge is 2.28. The van der Waals surface area contributed by atoms with Gasteiger partial charge in [-0.3, -0.25) is 14.5 Å². The van der Waals surface area contributed by atoms with Gasteiger partial charge in [0, 0.05) is 24.6 Å². The van der Waals surface area contributed by atoms with Crippen LogP contribution >= 0.6 is 0 Å². The Balaban J connectivity index is 1.14. The van der Waals surface area contributed by atoms with E-state index in [1.807, 2.05) is 60.4 Å². The van der Waals surface area contributed by atoms with E-state index in [2.05, 4.69) is 20.4 Å². The summed E-state index contributed by atoms with van der Waals surface area (Å²) in [6, 6.07) is 15.4. The third kappa shape index (κ3) is 5.65. The lowest BCUT2D eigenvalue weighted by molar-refractivity contribution is -0.121. The zero-order valence-corrected chi connectivity index (χ0v) is 20.8. The molecule has 1 N–H and O–H groups in total. The Morgan fingerprint density at radius 1 is 0.972 bits per heavy atom. The number of hydrogen-bond acceptors (Lipinski definition) is 6. The number of anilines is 1. The summed E-state index contributed by atoms with van der Waals surface area (Å²) in [5, 5.41) is 7.16. The number of para-hydroxylation sites is 1. The van der Waals surface area contributed by atoms with Gasteiger partial charge in [-0.25, -0.2) is 0 Å². The molecule has 2 aliphatic rings. The average Bonchev–Trinajstić information content (AvgIpc) is 3.38. The molecule has 0 bridgehead atoms. The van der Waals surface area contributed by atoms with Gasteiger partial charge in [0.2, 0.25) is 17.6 Å². The van der Waals surface area contributed by atoms with Crippen LogP contribution in [0.5, 0.6) is 0 Å². The Bertz CT molecular complexity index is 1190. The molecule has 8 nitrogen and oxygen atoms in total. The van der Waals surface area contributed by atoms with Crippen molar-refractivity contribution in [2.24, 2.45) is 5.92 Å². The van der Waals surface area contributed by atoms with Gasteiger partial charge < -0.3 is 14.7 Å². The van der Waals surface area contributed by atoms with Gasteiger partial charge in [0.05, 0.1) is 17.8 Å². The van der Waals surface area contributed by atoms with E-state index in [-0.39, 0.29) is 17.7 Å². The highest BCUT2D eigenvalue weighted by Crippen LogP contribution is 2.24. The highest BCUT2D eigenvalue weighted by atomic mass is 16.5. The Morgan fingerprint density at radius 2 is 1.69 bits per heavy atom.